The fourth-order valence-corrected chi connectivity index (χ4v) is 5.98. The number of hydrogen-bond acceptors (Lipinski definition) is 9. The molecule has 0 bridgehead atoms. The molecule has 0 unspecified atom stereocenters. The third-order valence-electron chi connectivity index (χ3n) is 8.56. The summed E-state index contributed by atoms with van der Waals surface area (Å²) in [5.74, 6) is -1.52. The molecule has 10 nitrogen and oxygen atoms in total. The van der Waals surface area contributed by atoms with E-state index in [1.807, 2.05) is 0 Å². The van der Waals surface area contributed by atoms with Crippen molar-refractivity contribution in [2.45, 2.75) is 12.2 Å². The first kappa shape index (κ1) is 34.2. The Morgan fingerprint density at radius 1 is 0.576 bits per heavy atom. The number of halogens is 2. The number of ether oxygens (including phenoxy) is 1. The molecule has 6 aromatic rings. The molecule has 0 amide bonds. The van der Waals surface area contributed by atoms with Crippen molar-refractivity contribution in [1.29, 1.82) is 0 Å². The van der Waals surface area contributed by atoms with Crippen LogP contribution in [0.3, 0.4) is 0 Å². The van der Waals surface area contributed by atoms with E-state index in [0.717, 1.165) is 5.56 Å². The molecule has 59 heavy (non-hydrogen) atoms. The van der Waals surface area contributed by atoms with Gasteiger partial charge in [0.1, 0.15) is 0 Å². The molecule has 6 rings (SSSR count). The van der Waals surface area contributed by atoms with Gasteiger partial charge in [-0.3, -0.25) is 0 Å². The quantitative estimate of drug-likeness (QED) is 0.0418. The molecule has 306 valence electrons. The van der Waals surface area contributed by atoms with Crippen molar-refractivity contribution in [3.8, 4) is 22.3 Å². The number of esters is 1. The highest BCUT2D eigenvalue weighted by molar-refractivity contribution is 6.30. The summed E-state index contributed by atoms with van der Waals surface area (Å²) in [4.78, 5) is 23.1. The van der Waals surface area contributed by atoms with Gasteiger partial charge >= 0.3 is 11.9 Å². The molecule has 12 heteroatoms. The lowest BCUT2D eigenvalue weighted by Gasteiger charge is -2.13. The smallest absolute Gasteiger partial charge is 0.337 e. The maximum absolute atomic E-state index is 11.8. The molecule has 0 aliphatic carbocycles. The van der Waals surface area contributed by atoms with Gasteiger partial charge in [0.05, 0.1) is 35.9 Å². The van der Waals surface area contributed by atoms with Crippen LogP contribution in [0.2, 0.25) is 10.0 Å². The second-order valence-electron chi connectivity index (χ2n) is 12.8. The summed E-state index contributed by atoms with van der Waals surface area (Å²) in [5.41, 5.74) is 4.82. The molecule has 0 fully saturated rings. The summed E-state index contributed by atoms with van der Waals surface area (Å²) in [6.07, 6.45) is -2.16. The second kappa shape index (κ2) is 23.0. The molecular weight excluding hydrogens is 787 g/mol. The third kappa shape index (κ3) is 14.3. The number of nitrogens with one attached hydrogen (secondary N) is 4. The van der Waals surface area contributed by atoms with E-state index < -0.39 is 50.1 Å². The molecule has 6 aromatic carbocycles. The van der Waals surface area contributed by atoms with E-state index >= 15 is 0 Å². The summed E-state index contributed by atoms with van der Waals surface area (Å²) in [6, 6.07) is 39.6. The van der Waals surface area contributed by atoms with Gasteiger partial charge in [0, 0.05) is 66.0 Å². The third-order valence-corrected chi connectivity index (χ3v) is 9.03. The Morgan fingerprint density at radius 2 is 0.983 bits per heavy atom. The number of aliphatic hydroxyl groups excluding tert-OH is 2. The molecule has 0 aromatic heterocycles. The number of carboxylic acid groups (broad SMARTS) is 1. The van der Waals surface area contributed by atoms with E-state index in [2.05, 4.69) is 21.3 Å². The van der Waals surface area contributed by atoms with Crippen LogP contribution in [0.5, 0.6) is 0 Å². The average Bonchev–Trinajstić information content (AvgIpc) is 3.29. The van der Waals surface area contributed by atoms with E-state index in [1.54, 1.807) is 133 Å². The minimum Gasteiger partial charge on any atom is -0.478 e. The standard InChI is InChI=1S/C24H25ClN2O3.C23H23ClN2O3/c1-30-24(29)20-8-2-5-17(13-20)18-6-4-10-22(15-18)27-12-11-26-16-23(28)19-7-3-9-21(25)14-19;24-20-8-2-6-18(13-20)22(27)15-25-10-11-26-21-9-3-5-17(14-21)16-4-1-7-19(12-16)23(28)29/h2-10,13-15,23,26-28H,11-12,16H2,1H3;1-9,12-14,22,25-27H,10-11,15H2,(H,28,29)/t23-;22-/m00/s1/i11D2,12D2;10D2,11D2. The molecule has 7 N–H and O–H groups in total. The van der Waals surface area contributed by atoms with Crippen molar-refractivity contribution in [2.75, 3.05) is 56.8 Å². The van der Waals surface area contributed by atoms with Gasteiger partial charge in [-0.15, -0.1) is 0 Å². The van der Waals surface area contributed by atoms with Crippen molar-refractivity contribution >= 4 is 46.5 Å². The van der Waals surface area contributed by atoms with Gasteiger partial charge in [-0.25, -0.2) is 9.59 Å². The monoisotopic (exact) mass is 842 g/mol. The second-order valence-corrected chi connectivity index (χ2v) is 13.6. The summed E-state index contributed by atoms with van der Waals surface area (Å²) < 4.78 is 70.7. The number of carboxylic acids is 1. The Balaban J connectivity index is 0.000000251. The number of carbonyl (C=O) groups is 2. The predicted molar refractivity (Wildman–Crippen MR) is 238 cm³/mol. The zero-order chi connectivity index (χ0) is 49.2. The van der Waals surface area contributed by atoms with Gasteiger partial charge in [0.15, 0.2) is 0 Å². The lowest BCUT2D eigenvalue weighted by atomic mass is 10.0. The Labute approximate surface area is 366 Å². The zero-order valence-electron chi connectivity index (χ0n) is 39.7. The summed E-state index contributed by atoms with van der Waals surface area (Å²) in [5, 5.41) is 40.8. The van der Waals surface area contributed by atoms with Crippen LogP contribution in [0, 0.1) is 0 Å². The normalized spacial score (nSPS) is 14.7. The molecule has 0 saturated heterocycles. The van der Waals surface area contributed by atoms with Crippen LogP contribution < -0.4 is 21.3 Å². The number of aromatic carboxylic acids is 1. The van der Waals surface area contributed by atoms with Crippen molar-refractivity contribution in [2.24, 2.45) is 0 Å². The number of methoxy groups -OCH3 is 1. The van der Waals surface area contributed by atoms with Crippen LogP contribution in [0.25, 0.3) is 22.3 Å². The number of hydrogen-bond donors (Lipinski definition) is 7. The highest BCUT2D eigenvalue weighted by Gasteiger charge is 2.10. The molecule has 2 atom stereocenters. The Morgan fingerprint density at radius 3 is 1.42 bits per heavy atom. The van der Waals surface area contributed by atoms with E-state index in [4.69, 9.17) is 38.9 Å². The lowest BCUT2D eigenvalue weighted by molar-refractivity contribution is 0.0599. The Bertz CT molecular complexity index is 2660. The zero-order valence-corrected chi connectivity index (χ0v) is 33.3. The molecule has 0 aliphatic rings. The number of aliphatic hydroxyl groups is 2. The van der Waals surface area contributed by atoms with Crippen LogP contribution in [0.1, 0.15) is 55.0 Å². The SMILES string of the molecule is [2H]C([2H])(NC[C@H](O)c1cccc(Cl)c1)C([2H])([2H])Nc1cccc(-c2cccc(C(=O)O)c2)c1.[2H]C([2H])(NC[C@H](O)c1cccc(Cl)c1)C([2H])([2H])Nc1cccc(-c2cccc(C(=O)OC)c2)c1. The van der Waals surface area contributed by atoms with Crippen molar-refractivity contribution in [1.82, 2.24) is 10.6 Å². The maximum Gasteiger partial charge on any atom is 0.337 e. The van der Waals surface area contributed by atoms with E-state index in [0.29, 0.717) is 54.8 Å². The first-order valence-electron chi connectivity index (χ1n) is 22.2. The van der Waals surface area contributed by atoms with Crippen LogP contribution in [-0.4, -0.2) is 73.4 Å². The van der Waals surface area contributed by atoms with Crippen LogP contribution in [0.15, 0.2) is 146 Å². The molecule has 0 radical (unpaired) electrons. The van der Waals surface area contributed by atoms with Gasteiger partial charge < -0.3 is 41.3 Å². The summed E-state index contributed by atoms with van der Waals surface area (Å²) in [6.45, 7) is -10.6. The summed E-state index contributed by atoms with van der Waals surface area (Å²) >= 11 is 11.9. The Hall–Kier alpha value is -5.72. The van der Waals surface area contributed by atoms with Gasteiger partial charge in [-0.1, -0.05) is 96.0 Å². The molecule has 0 heterocycles. The van der Waals surface area contributed by atoms with Gasteiger partial charge in [0.2, 0.25) is 0 Å². The minimum atomic E-state index is -2.55. The van der Waals surface area contributed by atoms with Crippen LogP contribution in [0.4, 0.5) is 11.4 Å². The topological polar surface area (TPSA) is 152 Å². The highest BCUT2D eigenvalue weighted by Crippen LogP contribution is 2.25. The first-order chi connectivity index (χ1) is 31.5. The van der Waals surface area contributed by atoms with Crippen molar-refractivity contribution < 1.29 is 40.6 Å². The first-order valence-corrected chi connectivity index (χ1v) is 18.9. The van der Waals surface area contributed by atoms with Gasteiger partial charge in [-0.2, -0.15) is 0 Å². The highest BCUT2D eigenvalue weighted by atomic mass is 35.5. The fourth-order valence-electron chi connectivity index (χ4n) is 5.58. The molecular formula is C47H48Cl2N4O6. The largest absolute Gasteiger partial charge is 0.478 e. The fraction of sp³-hybridized carbons (Fsp3) is 0.191. The van der Waals surface area contributed by atoms with Gasteiger partial charge in [0.25, 0.3) is 0 Å². The van der Waals surface area contributed by atoms with E-state index in [-0.39, 0.29) is 18.7 Å². The molecule has 0 saturated carbocycles. The van der Waals surface area contributed by atoms with E-state index in [9.17, 15) is 24.9 Å². The van der Waals surface area contributed by atoms with Crippen LogP contribution >= 0.6 is 23.2 Å². The van der Waals surface area contributed by atoms with Gasteiger partial charge in [-0.05, 0) is 106 Å². The van der Waals surface area contributed by atoms with E-state index in [1.165, 1.54) is 19.2 Å². The Kier molecular flexibility index (Phi) is 13.3. The molecule has 0 spiro atoms. The predicted octanol–water partition coefficient (Wildman–Crippen LogP) is 8.97. The number of anilines is 2. The number of benzene rings is 6. The summed E-state index contributed by atoms with van der Waals surface area (Å²) in [7, 11) is 1.30. The average molecular weight is 844 g/mol. The van der Waals surface area contributed by atoms with Crippen LogP contribution in [-0.2, 0) is 4.74 Å². The van der Waals surface area contributed by atoms with Crippen molar-refractivity contribution in [3.63, 3.8) is 0 Å². The minimum absolute atomic E-state index is 0.125. The maximum atomic E-state index is 11.8. The molecule has 0 aliphatic heterocycles. The number of carbonyl (C=O) groups excluding carboxylic acids is 1. The number of rotatable bonds is 18. The lowest BCUT2D eigenvalue weighted by Crippen LogP contribution is -2.26. The van der Waals surface area contributed by atoms with Crippen molar-refractivity contribution in [3.05, 3.63) is 178 Å².